The number of sulfonamides is 1. The van der Waals surface area contributed by atoms with Crippen molar-refractivity contribution in [2.45, 2.75) is 68.5 Å². The first-order valence-corrected chi connectivity index (χ1v) is 16.2. The second kappa shape index (κ2) is 16.8. The van der Waals surface area contributed by atoms with Gasteiger partial charge in [-0.2, -0.15) is 4.72 Å². The van der Waals surface area contributed by atoms with E-state index in [0.717, 1.165) is 12.7 Å². The molecule has 6 atom stereocenters. The van der Waals surface area contributed by atoms with Crippen LogP contribution < -0.4 is 20.7 Å². The van der Waals surface area contributed by atoms with Crippen LogP contribution in [0.15, 0.2) is 89.8 Å². The molecule has 0 aliphatic rings. The average Bonchev–Trinajstić information content (AvgIpc) is 3.05. The van der Waals surface area contributed by atoms with E-state index in [-0.39, 0.29) is 16.9 Å². The number of aliphatic hydroxyl groups excluding tert-OH is 2. The second-order valence-electron chi connectivity index (χ2n) is 11.0. The smallest absolute Gasteiger partial charge is 0.328 e. The molecule has 14 heteroatoms. The lowest BCUT2D eigenvalue weighted by molar-refractivity contribution is -0.146. The highest BCUT2D eigenvalue weighted by atomic mass is 32.2. The molecule has 6 N–H and O–H groups in total. The zero-order valence-corrected chi connectivity index (χ0v) is 27.2. The molecule has 13 nitrogen and oxygen atoms in total. The minimum absolute atomic E-state index is 0.0457. The Kier molecular flexibility index (Phi) is 13.2. The van der Waals surface area contributed by atoms with Crippen LogP contribution in [-0.4, -0.2) is 79.7 Å². The van der Waals surface area contributed by atoms with E-state index in [9.17, 15) is 37.8 Å². The van der Waals surface area contributed by atoms with Gasteiger partial charge in [-0.05, 0) is 44.0 Å². The number of benzene rings is 3. The average molecular weight is 669 g/mol. The minimum atomic E-state index is -4.11. The Morgan fingerprint density at radius 3 is 1.83 bits per heavy atom. The summed E-state index contributed by atoms with van der Waals surface area (Å²) in [7, 11) is -2.96. The summed E-state index contributed by atoms with van der Waals surface area (Å²) in [6, 6.07) is 16.8. The molecule has 0 radical (unpaired) electrons. The number of rotatable bonds is 15. The molecule has 0 saturated heterocycles. The normalized spacial score (nSPS) is 15.2. The van der Waals surface area contributed by atoms with E-state index < -0.39 is 70.1 Å². The molecule has 0 bridgehead atoms. The number of aliphatic hydroxyl groups is 2. The van der Waals surface area contributed by atoms with Gasteiger partial charge in [0.05, 0.1) is 24.2 Å². The van der Waals surface area contributed by atoms with Crippen LogP contribution in [0.4, 0.5) is 0 Å². The maximum Gasteiger partial charge on any atom is 0.328 e. The van der Waals surface area contributed by atoms with E-state index in [2.05, 4.69) is 20.7 Å². The topological polar surface area (TPSA) is 200 Å². The Morgan fingerprint density at radius 1 is 0.745 bits per heavy atom. The first kappa shape index (κ1) is 36.8. The van der Waals surface area contributed by atoms with Crippen LogP contribution >= 0.6 is 0 Å². The third kappa shape index (κ3) is 10.4. The van der Waals surface area contributed by atoms with Gasteiger partial charge >= 0.3 is 5.97 Å². The van der Waals surface area contributed by atoms with Crippen molar-refractivity contribution in [1.29, 1.82) is 0 Å². The Labute approximate surface area is 273 Å². The van der Waals surface area contributed by atoms with Crippen molar-refractivity contribution in [3.63, 3.8) is 0 Å². The minimum Gasteiger partial charge on any atom is -0.467 e. The maximum atomic E-state index is 13.6. The molecule has 0 fully saturated rings. The number of ether oxygens (including phenoxy) is 1. The molecule has 47 heavy (non-hydrogen) atoms. The van der Waals surface area contributed by atoms with Gasteiger partial charge in [-0.25, -0.2) is 13.2 Å². The van der Waals surface area contributed by atoms with E-state index >= 15 is 0 Å². The third-order valence-electron chi connectivity index (χ3n) is 7.24. The van der Waals surface area contributed by atoms with E-state index in [4.69, 9.17) is 4.74 Å². The van der Waals surface area contributed by atoms with Crippen molar-refractivity contribution in [2.24, 2.45) is 0 Å². The molecule has 3 rings (SSSR count). The van der Waals surface area contributed by atoms with Crippen LogP contribution in [-0.2, 0) is 40.4 Å². The molecule has 252 valence electrons. The van der Waals surface area contributed by atoms with Crippen LogP contribution in [0.3, 0.4) is 0 Å². The summed E-state index contributed by atoms with van der Waals surface area (Å²) in [6.45, 7) is 4.26. The number of hydrogen-bond donors (Lipinski definition) is 6. The van der Waals surface area contributed by atoms with E-state index in [0.29, 0.717) is 5.56 Å². The van der Waals surface area contributed by atoms with E-state index in [1.807, 2.05) is 0 Å². The van der Waals surface area contributed by atoms with Crippen molar-refractivity contribution in [3.05, 3.63) is 102 Å². The number of carbonyl (C=O) groups excluding carboxylic acids is 4. The van der Waals surface area contributed by atoms with Crippen molar-refractivity contribution in [2.75, 3.05) is 7.11 Å². The largest absolute Gasteiger partial charge is 0.467 e. The van der Waals surface area contributed by atoms with Crippen LogP contribution in [0, 0.1) is 6.92 Å². The van der Waals surface area contributed by atoms with Crippen LogP contribution in [0.5, 0.6) is 0 Å². The lowest BCUT2D eigenvalue weighted by Gasteiger charge is -2.29. The van der Waals surface area contributed by atoms with Gasteiger partial charge in [0.25, 0.3) is 0 Å². The molecule has 3 aromatic carbocycles. The van der Waals surface area contributed by atoms with Gasteiger partial charge in [0.1, 0.15) is 24.2 Å². The summed E-state index contributed by atoms with van der Waals surface area (Å²) in [6.07, 6.45) is -3.09. The third-order valence-corrected chi connectivity index (χ3v) is 8.80. The van der Waals surface area contributed by atoms with Gasteiger partial charge < -0.3 is 30.9 Å². The molecule has 1 unspecified atom stereocenters. The molecule has 0 aliphatic carbocycles. The van der Waals surface area contributed by atoms with E-state index in [1.165, 1.54) is 38.1 Å². The summed E-state index contributed by atoms with van der Waals surface area (Å²) in [5.41, 5.74) is 1.79. The lowest BCUT2D eigenvalue weighted by Crippen LogP contribution is -2.61. The molecule has 3 aromatic rings. The number of esters is 1. The van der Waals surface area contributed by atoms with Gasteiger partial charge in [0.2, 0.25) is 27.7 Å². The predicted octanol–water partition coefficient (Wildman–Crippen LogP) is 0.646. The van der Waals surface area contributed by atoms with Gasteiger partial charge in [0.15, 0.2) is 0 Å². The van der Waals surface area contributed by atoms with Crippen LogP contribution in [0.1, 0.15) is 36.6 Å². The van der Waals surface area contributed by atoms with Gasteiger partial charge in [0, 0.05) is 6.42 Å². The molecular weight excluding hydrogens is 628 g/mol. The molecule has 0 aliphatic heterocycles. The van der Waals surface area contributed by atoms with Crippen molar-refractivity contribution < 1.29 is 42.5 Å². The van der Waals surface area contributed by atoms with Crippen LogP contribution in [0.2, 0.25) is 0 Å². The maximum absolute atomic E-state index is 13.6. The number of amides is 3. The number of carbonyl (C=O) groups is 4. The Balaban J connectivity index is 1.81. The van der Waals surface area contributed by atoms with Crippen molar-refractivity contribution >= 4 is 33.7 Å². The van der Waals surface area contributed by atoms with Crippen LogP contribution in [0.25, 0.3) is 0 Å². The highest BCUT2D eigenvalue weighted by Gasteiger charge is 2.37. The Bertz CT molecular complexity index is 1620. The second-order valence-corrected chi connectivity index (χ2v) is 12.7. The number of nitrogens with one attached hydrogen (secondary N) is 4. The van der Waals surface area contributed by atoms with Gasteiger partial charge in [-0.15, -0.1) is 0 Å². The van der Waals surface area contributed by atoms with Gasteiger partial charge in [-0.1, -0.05) is 78.4 Å². The fourth-order valence-corrected chi connectivity index (χ4v) is 5.78. The molecular formula is C33H40N4O9S. The van der Waals surface area contributed by atoms with Crippen molar-refractivity contribution in [3.8, 4) is 0 Å². The zero-order chi connectivity index (χ0) is 34.7. The van der Waals surface area contributed by atoms with Gasteiger partial charge in [-0.3, -0.25) is 14.4 Å². The fourth-order valence-electron chi connectivity index (χ4n) is 4.58. The standard InChI is InChI=1S/C33H40N4O9S/c1-20-15-17-25(18-16-20)47(44,45)37-21(2)30(40)35-27(22(3)38)31(41)36-28(29(39)24-13-9-6-10-14-24)32(42)34-26(33(43)46-4)19-23-11-7-5-8-12-23/h5-18,21-22,26-29,37-39H,19H2,1-4H3,(H,34,42)(H,35,40)(H,36,41)/t21-,22+,26-,27-,28+,29?/m0/s1. The molecule has 0 spiro atoms. The van der Waals surface area contributed by atoms with Crippen molar-refractivity contribution in [1.82, 2.24) is 20.7 Å². The first-order valence-electron chi connectivity index (χ1n) is 14.8. The zero-order valence-electron chi connectivity index (χ0n) is 26.4. The summed E-state index contributed by atoms with van der Waals surface area (Å²) in [5, 5.41) is 28.9. The summed E-state index contributed by atoms with van der Waals surface area (Å²) in [5.74, 6) is -3.72. The molecule has 3 amide bonds. The summed E-state index contributed by atoms with van der Waals surface area (Å²) < 4.78 is 32.7. The monoisotopic (exact) mass is 668 g/mol. The lowest BCUT2D eigenvalue weighted by atomic mass is 9.99. The SMILES string of the molecule is COC(=O)[C@H](Cc1ccccc1)NC(=O)[C@H](NC(=O)[C@@H](NC(=O)[C@H](C)NS(=O)(=O)c1ccc(C)cc1)[C@@H](C)O)C(O)c1ccccc1. The molecule has 0 heterocycles. The fraction of sp³-hybridized carbons (Fsp3) is 0.333. The summed E-state index contributed by atoms with van der Waals surface area (Å²) in [4.78, 5) is 52.7. The Morgan fingerprint density at radius 2 is 1.28 bits per heavy atom. The number of methoxy groups -OCH3 is 1. The Hall–Kier alpha value is -4.63. The highest BCUT2D eigenvalue weighted by molar-refractivity contribution is 7.89. The molecule has 0 saturated carbocycles. The summed E-state index contributed by atoms with van der Waals surface area (Å²) >= 11 is 0. The number of hydrogen-bond acceptors (Lipinski definition) is 9. The van der Waals surface area contributed by atoms with E-state index in [1.54, 1.807) is 67.6 Å². The highest BCUT2D eigenvalue weighted by Crippen LogP contribution is 2.18. The quantitative estimate of drug-likeness (QED) is 0.126. The number of aryl methyl sites for hydroxylation is 1. The molecule has 0 aromatic heterocycles. The predicted molar refractivity (Wildman–Crippen MR) is 172 cm³/mol. The first-order chi connectivity index (χ1) is 22.2.